The molecule has 0 spiro atoms. The number of ether oxygens (including phenoxy) is 4. The summed E-state index contributed by atoms with van der Waals surface area (Å²) in [4.78, 5) is 11.2. The third-order valence-corrected chi connectivity index (χ3v) is 5.85. The fraction of sp³-hybridized carbons (Fsp3) is 0.870. The van der Waals surface area contributed by atoms with Crippen LogP contribution in [0.5, 0.6) is 0 Å². The second-order valence-corrected chi connectivity index (χ2v) is 8.44. The zero-order valence-corrected chi connectivity index (χ0v) is 19.7. The van der Waals surface area contributed by atoms with Gasteiger partial charge in [0.25, 0.3) is 0 Å². The highest BCUT2D eigenvalue weighted by Crippen LogP contribution is 2.29. The van der Waals surface area contributed by atoms with Crippen LogP contribution in [0, 0.1) is 29.6 Å². The number of carbonyl (C=O) groups is 1. The first kappa shape index (κ1) is 27.2. The van der Waals surface area contributed by atoms with Crippen LogP contribution in [0.25, 0.3) is 0 Å². The second-order valence-electron chi connectivity index (χ2n) is 8.44. The number of allylic oxidation sites excluding steroid dienone is 1. The first-order valence-electron chi connectivity index (χ1n) is 10.4. The summed E-state index contributed by atoms with van der Waals surface area (Å²) < 4.78 is 22.5. The molecular weight excluding hydrogens is 356 g/mol. The molecule has 8 unspecified atom stereocenters. The molecule has 0 aliphatic heterocycles. The molecule has 0 fully saturated rings. The van der Waals surface area contributed by atoms with E-state index in [1.54, 1.807) is 28.4 Å². The summed E-state index contributed by atoms with van der Waals surface area (Å²) >= 11 is 0. The normalized spacial score (nSPS) is 21.3. The zero-order valence-electron chi connectivity index (χ0n) is 19.7. The molecule has 0 amide bonds. The van der Waals surface area contributed by atoms with Crippen LogP contribution in [0.2, 0.25) is 0 Å². The van der Waals surface area contributed by atoms with Crippen LogP contribution in [-0.2, 0) is 23.7 Å². The van der Waals surface area contributed by atoms with E-state index in [9.17, 15) is 4.79 Å². The lowest BCUT2D eigenvalue weighted by atomic mass is 9.81. The first-order chi connectivity index (χ1) is 13.2. The molecule has 8 atom stereocenters. The number of methoxy groups -OCH3 is 4. The molecule has 166 valence electrons. The average molecular weight is 401 g/mol. The fourth-order valence-electron chi connectivity index (χ4n) is 4.70. The quantitative estimate of drug-likeness (QED) is 0.301. The maximum Gasteiger partial charge on any atom is 0.125 e. The summed E-state index contributed by atoms with van der Waals surface area (Å²) in [7, 11) is 6.89. The Labute approximate surface area is 173 Å². The lowest BCUT2D eigenvalue weighted by Gasteiger charge is -2.35. The number of rotatable bonds is 15. The molecular formula is C23H44O5. The van der Waals surface area contributed by atoms with Crippen molar-refractivity contribution in [2.24, 2.45) is 29.6 Å². The van der Waals surface area contributed by atoms with Gasteiger partial charge < -0.3 is 23.7 Å². The number of aldehydes is 1. The molecule has 28 heavy (non-hydrogen) atoms. The zero-order chi connectivity index (χ0) is 21.9. The molecule has 0 saturated carbocycles. The van der Waals surface area contributed by atoms with Gasteiger partial charge in [-0.3, -0.25) is 0 Å². The maximum absolute atomic E-state index is 11.2. The molecule has 0 aromatic heterocycles. The molecule has 0 N–H and O–H groups in total. The van der Waals surface area contributed by atoms with E-state index in [1.807, 2.05) is 6.92 Å². The van der Waals surface area contributed by atoms with E-state index in [2.05, 4.69) is 40.7 Å². The van der Waals surface area contributed by atoms with Crippen molar-refractivity contribution in [3.05, 3.63) is 11.6 Å². The highest BCUT2D eigenvalue weighted by atomic mass is 16.5. The Hall–Kier alpha value is -0.750. The van der Waals surface area contributed by atoms with E-state index in [0.717, 1.165) is 12.7 Å². The summed E-state index contributed by atoms with van der Waals surface area (Å²) in [5, 5.41) is 0. The largest absolute Gasteiger partial charge is 0.384 e. The van der Waals surface area contributed by atoms with Crippen LogP contribution in [0.15, 0.2) is 11.6 Å². The van der Waals surface area contributed by atoms with Crippen LogP contribution >= 0.6 is 0 Å². The lowest BCUT2D eigenvalue weighted by molar-refractivity contribution is -0.119. The van der Waals surface area contributed by atoms with Gasteiger partial charge in [0.15, 0.2) is 0 Å². The summed E-state index contributed by atoms with van der Waals surface area (Å²) in [6.45, 7) is 13.4. The van der Waals surface area contributed by atoms with E-state index in [-0.39, 0.29) is 30.1 Å². The van der Waals surface area contributed by atoms with Gasteiger partial charge >= 0.3 is 0 Å². The molecule has 0 saturated heterocycles. The predicted molar refractivity (Wildman–Crippen MR) is 115 cm³/mol. The van der Waals surface area contributed by atoms with Crippen molar-refractivity contribution in [2.75, 3.05) is 35.0 Å². The SMILES string of the molecule is COCC(C)C(OC)C(C)/C=C(\C)CC(C)C(OC)C(C)C(OC)C(C)C=O. The van der Waals surface area contributed by atoms with Gasteiger partial charge in [-0.2, -0.15) is 0 Å². The molecule has 0 aliphatic rings. The molecule has 0 aromatic carbocycles. The van der Waals surface area contributed by atoms with Gasteiger partial charge in [0, 0.05) is 52.1 Å². The van der Waals surface area contributed by atoms with Crippen LogP contribution in [0.4, 0.5) is 0 Å². The minimum Gasteiger partial charge on any atom is -0.384 e. The lowest BCUT2D eigenvalue weighted by Crippen LogP contribution is -2.40. The van der Waals surface area contributed by atoms with Crippen molar-refractivity contribution < 1.29 is 23.7 Å². The van der Waals surface area contributed by atoms with E-state index >= 15 is 0 Å². The van der Waals surface area contributed by atoms with E-state index in [1.165, 1.54) is 5.57 Å². The topological polar surface area (TPSA) is 54.0 Å². The molecule has 0 bridgehead atoms. The van der Waals surface area contributed by atoms with Crippen molar-refractivity contribution >= 4 is 6.29 Å². The maximum atomic E-state index is 11.2. The number of hydrogen-bond acceptors (Lipinski definition) is 5. The Morgan fingerprint density at radius 3 is 1.75 bits per heavy atom. The molecule has 5 heteroatoms. The summed E-state index contributed by atoms with van der Waals surface area (Å²) in [6.07, 6.45) is 4.16. The van der Waals surface area contributed by atoms with Crippen LogP contribution in [0.3, 0.4) is 0 Å². The van der Waals surface area contributed by atoms with Crippen molar-refractivity contribution in [1.82, 2.24) is 0 Å². The second kappa shape index (κ2) is 14.3. The minimum absolute atomic E-state index is 0.0108. The Bertz CT molecular complexity index is 450. The summed E-state index contributed by atoms with van der Waals surface area (Å²) in [5.41, 5.74) is 1.32. The average Bonchev–Trinajstić information content (AvgIpc) is 2.63. The Morgan fingerprint density at radius 1 is 0.786 bits per heavy atom. The summed E-state index contributed by atoms with van der Waals surface area (Å²) in [6, 6.07) is 0. The van der Waals surface area contributed by atoms with Crippen molar-refractivity contribution in [3.8, 4) is 0 Å². The standard InChI is InChI=1S/C23H44O5/c1-15(11-16(2)21(26-8)19(5)14-25-7)12-17(3)22(27-9)20(6)23(28-10)18(4)13-24/h11,13,16-23H,12,14H2,1-10H3/b15-11+. The third-order valence-electron chi connectivity index (χ3n) is 5.85. The van der Waals surface area contributed by atoms with Gasteiger partial charge in [0.05, 0.1) is 24.9 Å². The Balaban J connectivity index is 5.14. The van der Waals surface area contributed by atoms with Crippen LogP contribution in [0.1, 0.15) is 48.0 Å². The molecule has 0 heterocycles. The highest BCUT2D eigenvalue weighted by molar-refractivity contribution is 5.53. The van der Waals surface area contributed by atoms with Gasteiger partial charge in [-0.05, 0) is 19.3 Å². The Morgan fingerprint density at radius 2 is 1.32 bits per heavy atom. The predicted octanol–water partition coefficient (Wildman–Crippen LogP) is 4.39. The molecule has 0 aliphatic carbocycles. The van der Waals surface area contributed by atoms with E-state index in [4.69, 9.17) is 18.9 Å². The molecule has 0 rings (SSSR count). The Kier molecular flexibility index (Phi) is 13.9. The minimum atomic E-state index is -0.161. The smallest absolute Gasteiger partial charge is 0.125 e. The van der Waals surface area contributed by atoms with Crippen LogP contribution in [-0.4, -0.2) is 59.6 Å². The summed E-state index contributed by atoms with van der Waals surface area (Å²) in [5.74, 6) is 0.876. The van der Waals surface area contributed by atoms with E-state index in [0.29, 0.717) is 24.4 Å². The van der Waals surface area contributed by atoms with Crippen LogP contribution < -0.4 is 0 Å². The molecule has 0 radical (unpaired) electrons. The fourth-order valence-corrected chi connectivity index (χ4v) is 4.70. The van der Waals surface area contributed by atoms with Gasteiger partial charge in [-0.1, -0.05) is 46.3 Å². The van der Waals surface area contributed by atoms with E-state index < -0.39 is 0 Å². The first-order valence-corrected chi connectivity index (χ1v) is 10.4. The number of carbonyl (C=O) groups excluding carboxylic acids is 1. The molecule has 5 nitrogen and oxygen atoms in total. The van der Waals surface area contributed by atoms with Crippen molar-refractivity contribution in [3.63, 3.8) is 0 Å². The van der Waals surface area contributed by atoms with Gasteiger partial charge in [0.2, 0.25) is 0 Å². The van der Waals surface area contributed by atoms with Crippen molar-refractivity contribution in [1.29, 1.82) is 0 Å². The van der Waals surface area contributed by atoms with Gasteiger partial charge in [-0.15, -0.1) is 0 Å². The van der Waals surface area contributed by atoms with Gasteiger partial charge in [-0.25, -0.2) is 0 Å². The number of hydrogen-bond donors (Lipinski definition) is 0. The third kappa shape index (κ3) is 8.32. The monoisotopic (exact) mass is 400 g/mol. The van der Waals surface area contributed by atoms with Crippen molar-refractivity contribution in [2.45, 2.75) is 66.3 Å². The molecule has 0 aromatic rings. The van der Waals surface area contributed by atoms with Gasteiger partial charge in [0.1, 0.15) is 6.29 Å². The highest BCUT2D eigenvalue weighted by Gasteiger charge is 2.33.